The van der Waals surface area contributed by atoms with E-state index in [0.717, 1.165) is 43.7 Å². The van der Waals surface area contributed by atoms with Gasteiger partial charge in [0.25, 0.3) is 0 Å². The second kappa shape index (κ2) is 9.25. The molecule has 3 N–H and O–H groups in total. The molecule has 0 aromatic heterocycles. The van der Waals surface area contributed by atoms with E-state index in [0.29, 0.717) is 13.0 Å². The second-order valence-electron chi connectivity index (χ2n) is 8.03. The molecule has 0 radical (unpaired) electrons. The Morgan fingerprint density at radius 3 is 2.65 bits per heavy atom. The van der Waals surface area contributed by atoms with Crippen molar-refractivity contribution >= 4 is 23.4 Å². The van der Waals surface area contributed by atoms with Crippen molar-refractivity contribution in [2.24, 2.45) is 11.1 Å². The molecule has 0 atom stereocenters. The van der Waals surface area contributed by atoms with Gasteiger partial charge in [-0.15, -0.1) is 0 Å². The summed E-state index contributed by atoms with van der Waals surface area (Å²) in [6.07, 6.45) is 6.40. The molecule has 1 aromatic rings. The lowest BCUT2D eigenvalue weighted by Gasteiger charge is -2.35. The smallest absolute Gasteiger partial charge is 0.224 e. The van der Waals surface area contributed by atoms with Gasteiger partial charge in [-0.2, -0.15) is 11.8 Å². The van der Waals surface area contributed by atoms with Gasteiger partial charge in [0.2, 0.25) is 5.91 Å². The molecule has 26 heavy (non-hydrogen) atoms. The van der Waals surface area contributed by atoms with E-state index in [4.69, 9.17) is 5.73 Å². The number of hydrogen-bond donors (Lipinski definition) is 2. The first kappa shape index (κ1) is 19.7. The fourth-order valence-electron chi connectivity index (χ4n) is 4.21. The van der Waals surface area contributed by atoms with Crippen molar-refractivity contribution in [1.82, 2.24) is 4.90 Å². The maximum atomic E-state index is 12.7. The van der Waals surface area contributed by atoms with E-state index in [1.54, 1.807) is 0 Å². The average molecular weight is 376 g/mol. The Labute approximate surface area is 162 Å². The molecule has 2 aliphatic rings. The van der Waals surface area contributed by atoms with Gasteiger partial charge < -0.3 is 11.1 Å². The highest BCUT2D eigenvalue weighted by Crippen LogP contribution is 2.38. The number of carbonyl (C=O) groups is 1. The lowest BCUT2D eigenvalue weighted by atomic mass is 9.71. The highest BCUT2D eigenvalue weighted by molar-refractivity contribution is 7.99. The minimum absolute atomic E-state index is 0.0132. The first-order valence-electron chi connectivity index (χ1n) is 10.00. The Morgan fingerprint density at radius 1 is 1.23 bits per heavy atom. The molecular weight excluding hydrogens is 342 g/mol. The van der Waals surface area contributed by atoms with Gasteiger partial charge in [-0.1, -0.05) is 31.4 Å². The molecule has 144 valence electrons. The Bertz CT molecular complexity index is 607. The highest BCUT2D eigenvalue weighted by Gasteiger charge is 2.33. The third-order valence-electron chi connectivity index (χ3n) is 5.97. The summed E-state index contributed by atoms with van der Waals surface area (Å²) in [5.74, 6) is 2.56. The summed E-state index contributed by atoms with van der Waals surface area (Å²) in [6.45, 7) is 5.96. The molecule has 2 fully saturated rings. The number of nitrogens with zero attached hydrogens (tertiary/aromatic N) is 1. The molecule has 0 bridgehead atoms. The standard InChI is InChI=1S/C21H33N3OS/c1-17-5-6-18(15-24-9-11-26-12-10-24)13-19(17)23-20(25)14-21(16-22)7-3-2-4-8-21/h5-6,13H,2-4,7-12,14-16,22H2,1H3,(H,23,25). The van der Waals surface area contributed by atoms with E-state index >= 15 is 0 Å². The van der Waals surface area contributed by atoms with Crippen molar-refractivity contribution in [1.29, 1.82) is 0 Å². The van der Waals surface area contributed by atoms with Gasteiger partial charge in [0, 0.05) is 43.2 Å². The van der Waals surface area contributed by atoms with Gasteiger partial charge in [0.15, 0.2) is 0 Å². The van der Waals surface area contributed by atoms with Crippen LogP contribution in [-0.2, 0) is 11.3 Å². The van der Waals surface area contributed by atoms with Gasteiger partial charge in [-0.05, 0) is 48.9 Å². The summed E-state index contributed by atoms with van der Waals surface area (Å²) in [4.78, 5) is 15.2. The summed E-state index contributed by atoms with van der Waals surface area (Å²) in [7, 11) is 0. The van der Waals surface area contributed by atoms with Crippen LogP contribution in [0.2, 0.25) is 0 Å². The Hall–Kier alpha value is -1.04. The molecular formula is C21H33N3OS. The van der Waals surface area contributed by atoms with Crippen molar-refractivity contribution in [2.75, 3.05) is 36.5 Å². The Morgan fingerprint density at radius 2 is 1.96 bits per heavy atom. The van der Waals surface area contributed by atoms with Gasteiger partial charge >= 0.3 is 0 Å². The van der Waals surface area contributed by atoms with E-state index < -0.39 is 0 Å². The number of nitrogens with two attached hydrogens (primary N) is 1. The SMILES string of the molecule is Cc1ccc(CN2CCSCC2)cc1NC(=O)CC1(CN)CCCCC1. The summed E-state index contributed by atoms with van der Waals surface area (Å²) >= 11 is 2.03. The van der Waals surface area contributed by atoms with E-state index in [9.17, 15) is 4.79 Å². The predicted molar refractivity (Wildman–Crippen MR) is 112 cm³/mol. The van der Waals surface area contributed by atoms with Crippen molar-refractivity contribution < 1.29 is 4.79 Å². The third kappa shape index (κ3) is 5.24. The monoisotopic (exact) mass is 375 g/mol. The van der Waals surface area contributed by atoms with Crippen molar-refractivity contribution in [3.05, 3.63) is 29.3 Å². The number of aryl methyl sites for hydroxylation is 1. The summed E-state index contributed by atoms with van der Waals surface area (Å²) in [5.41, 5.74) is 9.43. The zero-order valence-corrected chi connectivity index (χ0v) is 16.9. The molecule has 1 aliphatic carbocycles. The molecule has 5 heteroatoms. The molecule has 1 aromatic carbocycles. The number of nitrogens with one attached hydrogen (secondary N) is 1. The normalized spacial score (nSPS) is 20.7. The Balaban J connectivity index is 1.62. The molecule has 4 nitrogen and oxygen atoms in total. The quantitative estimate of drug-likeness (QED) is 0.794. The first-order chi connectivity index (χ1) is 12.6. The maximum absolute atomic E-state index is 12.7. The minimum atomic E-state index is 0.0132. The van der Waals surface area contributed by atoms with Crippen LogP contribution in [0.4, 0.5) is 5.69 Å². The average Bonchev–Trinajstić information content (AvgIpc) is 2.66. The zero-order valence-electron chi connectivity index (χ0n) is 16.1. The number of amides is 1. The van der Waals surface area contributed by atoms with Crippen molar-refractivity contribution in [3.8, 4) is 0 Å². The summed E-state index contributed by atoms with van der Waals surface area (Å²) in [5, 5.41) is 3.18. The van der Waals surface area contributed by atoms with Gasteiger partial charge in [0.1, 0.15) is 0 Å². The van der Waals surface area contributed by atoms with Crippen molar-refractivity contribution in [3.63, 3.8) is 0 Å². The van der Waals surface area contributed by atoms with Crippen LogP contribution in [0.1, 0.15) is 49.7 Å². The second-order valence-corrected chi connectivity index (χ2v) is 9.25. The Kier molecular flexibility index (Phi) is 7.01. The molecule has 1 aliphatic heterocycles. The molecule has 1 saturated carbocycles. The van der Waals surface area contributed by atoms with Gasteiger partial charge in [-0.25, -0.2) is 0 Å². The van der Waals surface area contributed by atoms with Crippen LogP contribution >= 0.6 is 11.8 Å². The lowest BCUT2D eigenvalue weighted by molar-refractivity contribution is -0.118. The molecule has 3 rings (SSSR count). The minimum Gasteiger partial charge on any atom is -0.330 e. The van der Waals surface area contributed by atoms with Crippen LogP contribution in [0.3, 0.4) is 0 Å². The van der Waals surface area contributed by atoms with Crippen LogP contribution in [0, 0.1) is 12.3 Å². The van der Waals surface area contributed by atoms with E-state index in [-0.39, 0.29) is 11.3 Å². The molecule has 1 heterocycles. The number of thioether (sulfide) groups is 1. The molecule has 1 saturated heterocycles. The zero-order chi connectivity index (χ0) is 18.4. The molecule has 0 spiro atoms. The lowest BCUT2D eigenvalue weighted by Crippen LogP contribution is -2.36. The number of carbonyl (C=O) groups excluding carboxylic acids is 1. The fourth-order valence-corrected chi connectivity index (χ4v) is 5.19. The first-order valence-corrected chi connectivity index (χ1v) is 11.2. The largest absolute Gasteiger partial charge is 0.330 e. The number of hydrogen-bond acceptors (Lipinski definition) is 4. The highest BCUT2D eigenvalue weighted by atomic mass is 32.2. The van der Waals surface area contributed by atoms with E-state index in [1.807, 2.05) is 11.8 Å². The maximum Gasteiger partial charge on any atom is 0.224 e. The van der Waals surface area contributed by atoms with Crippen LogP contribution in [0.5, 0.6) is 0 Å². The van der Waals surface area contributed by atoms with E-state index in [2.05, 4.69) is 35.3 Å². The fraction of sp³-hybridized carbons (Fsp3) is 0.667. The number of benzene rings is 1. The third-order valence-corrected chi connectivity index (χ3v) is 6.91. The van der Waals surface area contributed by atoms with Crippen LogP contribution < -0.4 is 11.1 Å². The number of anilines is 1. The van der Waals surface area contributed by atoms with E-state index in [1.165, 1.54) is 36.3 Å². The summed E-state index contributed by atoms with van der Waals surface area (Å²) in [6, 6.07) is 6.48. The van der Waals surface area contributed by atoms with Crippen LogP contribution in [0.25, 0.3) is 0 Å². The van der Waals surface area contributed by atoms with Crippen molar-refractivity contribution in [2.45, 2.75) is 52.0 Å². The van der Waals surface area contributed by atoms with Gasteiger partial charge in [0.05, 0.1) is 0 Å². The number of rotatable bonds is 6. The van der Waals surface area contributed by atoms with Gasteiger partial charge in [-0.3, -0.25) is 9.69 Å². The van der Waals surface area contributed by atoms with Crippen LogP contribution in [0.15, 0.2) is 18.2 Å². The molecule has 0 unspecified atom stereocenters. The van der Waals surface area contributed by atoms with Crippen LogP contribution in [-0.4, -0.2) is 41.9 Å². The topological polar surface area (TPSA) is 58.4 Å². The predicted octanol–water partition coefficient (Wildman–Crippen LogP) is 3.78. The summed E-state index contributed by atoms with van der Waals surface area (Å²) < 4.78 is 0. The molecule has 1 amide bonds.